The van der Waals surface area contributed by atoms with E-state index in [1.807, 2.05) is 0 Å². The Labute approximate surface area is 123 Å². The van der Waals surface area contributed by atoms with Gasteiger partial charge in [0.05, 0.1) is 0 Å². The summed E-state index contributed by atoms with van der Waals surface area (Å²) in [4.78, 5) is 0. The molecule has 2 nitrogen and oxygen atoms in total. The first-order valence-electron chi connectivity index (χ1n) is 7.56. The van der Waals surface area contributed by atoms with Crippen molar-refractivity contribution in [2.45, 2.75) is 57.3 Å². The van der Waals surface area contributed by atoms with Crippen molar-refractivity contribution in [3.8, 4) is 5.75 Å². The van der Waals surface area contributed by atoms with Gasteiger partial charge in [-0.2, -0.15) is 0 Å². The Balaban J connectivity index is 1.96. The third kappa shape index (κ3) is 5.23. The second-order valence-electron chi connectivity index (χ2n) is 5.77. The van der Waals surface area contributed by atoms with Crippen LogP contribution in [0.5, 0.6) is 5.75 Å². The molecule has 21 heavy (non-hydrogen) atoms. The van der Waals surface area contributed by atoms with Crippen LogP contribution in [0.4, 0.5) is 13.2 Å². The largest absolute Gasteiger partial charge is 0.573 e. The average molecular weight is 301 g/mol. The molecule has 0 spiro atoms. The van der Waals surface area contributed by atoms with Crippen molar-refractivity contribution >= 4 is 0 Å². The van der Waals surface area contributed by atoms with Crippen LogP contribution in [0.1, 0.15) is 56.6 Å². The highest BCUT2D eigenvalue weighted by atomic mass is 19.4. The zero-order chi connectivity index (χ0) is 15.3. The Morgan fingerprint density at radius 2 is 1.81 bits per heavy atom. The zero-order valence-electron chi connectivity index (χ0n) is 12.0. The molecular formula is C16H22F3NO. The molecule has 1 fully saturated rings. The Bertz CT molecular complexity index is 441. The molecule has 1 aliphatic carbocycles. The number of ether oxygens (including phenoxy) is 1. The van der Waals surface area contributed by atoms with Gasteiger partial charge >= 0.3 is 6.36 Å². The van der Waals surface area contributed by atoms with E-state index >= 15 is 0 Å². The summed E-state index contributed by atoms with van der Waals surface area (Å²) in [6, 6.07) is 5.75. The third-order valence-electron chi connectivity index (χ3n) is 4.15. The molecule has 1 atom stereocenters. The fourth-order valence-corrected chi connectivity index (χ4v) is 3.05. The van der Waals surface area contributed by atoms with Gasteiger partial charge in [0, 0.05) is 11.6 Å². The van der Waals surface area contributed by atoms with Crippen molar-refractivity contribution in [3.05, 3.63) is 29.8 Å². The molecule has 0 heterocycles. The average Bonchev–Trinajstić information content (AvgIpc) is 2.45. The van der Waals surface area contributed by atoms with E-state index in [1.165, 1.54) is 44.2 Å². The summed E-state index contributed by atoms with van der Waals surface area (Å²) in [5.41, 5.74) is 6.52. The highest BCUT2D eigenvalue weighted by molar-refractivity contribution is 5.35. The van der Waals surface area contributed by atoms with Gasteiger partial charge < -0.3 is 10.5 Å². The van der Waals surface area contributed by atoms with Crippen LogP contribution >= 0.6 is 0 Å². The highest BCUT2D eigenvalue weighted by Gasteiger charge is 2.32. The number of nitrogens with two attached hydrogens (primary N) is 1. The molecule has 0 amide bonds. The van der Waals surface area contributed by atoms with E-state index < -0.39 is 12.4 Å². The van der Waals surface area contributed by atoms with Crippen molar-refractivity contribution in [3.63, 3.8) is 0 Å². The van der Waals surface area contributed by atoms with Crippen molar-refractivity contribution in [1.29, 1.82) is 0 Å². The van der Waals surface area contributed by atoms with Crippen LogP contribution in [0.15, 0.2) is 24.3 Å². The van der Waals surface area contributed by atoms with E-state index in [-0.39, 0.29) is 5.75 Å². The predicted octanol–water partition coefficient (Wildman–Crippen LogP) is 4.95. The predicted molar refractivity (Wildman–Crippen MR) is 75.9 cm³/mol. The first-order chi connectivity index (χ1) is 9.96. The van der Waals surface area contributed by atoms with Crippen LogP contribution < -0.4 is 10.5 Å². The Hall–Kier alpha value is -1.23. The SMILES string of the molecule is NC(CCC1CCCCC1)c1ccccc1OC(F)(F)F. The molecule has 1 aromatic rings. The quantitative estimate of drug-likeness (QED) is 0.835. The van der Waals surface area contributed by atoms with E-state index in [4.69, 9.17) is 5.73 Å². The maximum Gasteiger partial charge on any atom is 0.573 e. The van der Waals surface area contributed by atoms with E-state index in [2.05, 4.69) is 4.74 Å². The standard InChI is InChI=1S/C16H22F3NO/c17-16(18,19)21-15-9-5-4-8-13(15)14(20)11-10-12-6-2-1-3-7-12/h4-5,8-9,12,14H,1-3,6-7,10-11,20H2. The minimum absolute atomic E-state index is 0.179. The van der Waals surface area contributed by atoms with Gasteiger partial charge in [-0.15, -0.1) is 13.2 Å². The summed E-state index contributed by atoms with van der Waals surface area (Å²) in [5, 5.41) is 0. The zero-order valence-corrected chi connectivity index (χ0v) is 12.0. The summed E-state index contributed by atoms with van der Waals surface area (Å²) >= 11 is 0. The molecule has 1 unspecified atom stereocenters. The van der Waals surface area contributed by atoms with Gasteiger partial charge in [-0.05, 0) is 24.8 Å². The van der Waals surface area contributed by atoms with Gasteiger partial charge in [0.2, 0.25) is 0 Å². The Morgan fingerprint density at radius 1 is 1.14 bits per heavy atom. The van der Waals surface area contributed by atoms with Crippen molar-refractivity contribution < 1.29 is 17.9 Å². The summed E-state index contributed by atoms with van der Waals surface area (Å²) in [6.07, 6.45) is 3.23. The second kappa shape index (κ2) is 7.16. The van der Waals surface area contributed by atoms with Gasteiger partial charge in [0.1, 0.15) is 5.75 Å². The molecule has 0 bridgehead atoms. The van der Waals surface area contributed by atoms with Gasteiger partial charge in [0.25, 0.3) is 0 Å². The molecule has 0 aromatic heterocycles. The Morgan fingerprint density at radius 3 is 2.48 bits per heavy atom. The van der Waals surface area contributed by atoms with Crippen LogP contribution in [-0.4, -0.2) is 6.36 Å². The molecule has 118 valence electrons. The smallest absolute Gasteiger partial charge is 0.405 e. The first-order valence-corrected chi connectivity index (χ1v) is 7.56. The second-order valence-corrected chi connectivity index (χ2v) is 5.77. The normalized spacial score (nSPS) is 18.5. The van der Waals surface area contributed by atoms with Crippen molar-refractivity contribution in [2.75, 3.05) is 0 Å². The molecule has 1 saturated carbocycles. The van der Waals surface area contributed by atoms with Gasteiger partial charge in [-0.25, -0.2) is 0 Å². The van der Waals surface area contributed by atoms with E-state index in [0.717, 1.165) is 6.42 Å². The minimum atomic E-state index is -4.68. The molecule has 1 aliphatic rings. The number of hydrogen-bond acceptors (Lipinski definition) is 2. The summed E-state index contributed by atoms with van der Waals surface area (Å²) in [7, 11) is 0. The maximum absolute atomic E-state index is 12.4. The van der Waals surface area contributed by atoms with Gasteiger partial charge in [-0.1, -0.05) is 50.3 Å². The number of halogens is 3. The summed E-state index contributed by atoms with van der Waals surface area (Å²) < 4.78 is 41.3. The fourth-order valence-electron chi connectivity index (χ4n) is 3.05. The lowest BCUT2D eigenvalue weighted by Crippen LogP contribution is -2.20. The van der Waals surface area contributed by atoms with Crippen molar-refractivity contribution in [1.82, 2.24) is 0 Å². The molecule has 0 saturated heterocycles. The highest BCUT2D eigenvalue weighted by Crippen LogP contribution is 2.34. The molecule has 1 aromatic carbocycles. The molecular weight excluding hydrogens is 279 g/mol. The van der Waals surface area contributed by atoms with Crippen LogP contribution in [0.2, 0.25) is 0 Å². The third-order valence-corrected chi connectivity index (χ3v) is 4.15. The topological polar surface area (TPSA) is 35.2 Å². The lowest BCUT2D eigenvalue weighted by molar-refractivity contribution is -0.275. The molecule has 2 N–H and O–H groups in total. The monoisotopic (exact) mass is 301 g/mol. The first kappa shape index (κ1) is 16.1. The molecule has 0 radical (unpaired) electrons. The summed E-state index contributed by atoms with van der Waals surface area (Å²) in [5.74, 6) is 0.488. The van der Waals surface area contributed by atoms with Crippen molar-refractivity contribution in [2.24, 2.45) is 11.7 Å². The minimum Gasteiger partial charge on any atom is -0.405 e. The molecule has 2 rings (SSSR count). The van der Waals surface area contributed by atoms with Crippen LogP contribution in [0.25, 0.3) is 0 Å². The van der Waals surface area contributed by atoms with Gasteiger partial charge in [-0.3, -0.25) is 0 Å². The lowest BCUT2D eigenvalue weighted by Gasteiger charge is -2.24. The maximum atomic E-state index is 12.4. The van der Waals surface area contributed by atoms with E-state index in [0.29, 0.717) is 17.9 Å². The molecule has 0 aliphatic heterocycles. The van der Waals surface area contributed by atoms with Crippen LogP contribution in [0, 0.1) is 5.92 Å². The number of alkyl halides is 3. The summed E-state index contributed by atoms with van der Waals surface area (Å²) in [6.45, 7) is 0. The number of hydrogen-bond donors (Lipinski definition) is 1. The van der Waals surface area contributed by atoms with Gasteiger partial charge in [0.15, 0.2) is 0 Å². The van der Waals surface area contributed by atoms with E-state index in [9.17, 15) is 13.2 Å². The number of para-hydroxylation sites is 1. The fraction of sp³-hybridized carbons (Fsp3) is 0.625. The lowest BCUT2D eigenvalue weighted by atomic mass is 9.84. The number of benzene rings is 1. The van der Waals surface area contributed by atoms with Crippen LogP contribution in [0.3, 0.4) is 0 Å². The Kier molecular flexibility index (Phi) is 5.51. The molecule has 5 heteroatoms. The van der Waals surface area contributed by atoms with E-state index in [1.54, 1.807) is 12.1 Å². The van der Waals surface area contributed by atoms with Crippen LogP contribution in [-0.2, 0) is 0 Å². The number of rotatable bonds is 5.